The summed E-state index contributed by atoms with van der Waals surface area (Å²) in [6, 6.07) is 8.85. The summed E-state index contributed by atoms with van der Waals surface area (Å²) in [7, 11) is 0. The predicted octanol–water partition coefficient (Wildman–Crippen LogP) is 0.0487. The third-order valence-corrected chi connectivity index (χ3v) is 2.76. The lowest BCUT2D eigenvalue weighted by Crippen LogP contribution is -2.29. The first kappa shape index (κ1) is 14.7. The second-order valence-corrected chi connectivity index (χ2v) is 4.39. The maximum atomic E-state index is 12.0. The smallest absolute Gasteiger partial charge is 0.270 e. The zero-order chi connectivity index (χ0) is 15.2. The summed E-state index contributed by atoms with van der Waals surface area (Å²) in [5.74, 6) is -0.902. The number of hydrogen-bond donors (Lipinski definition) is 3. The minimum atomic E-state index is -0.551. The van der Waals surface area contributed by atoms with Crippen LogP contribution in [-0.4, -0.2) is 36.6 Å². The van der Waals surface area contributed by atoms with E-state index in [0.29, 0.717) is 11.2 Å². The number of rotatable bonds is 6. The van der Waals surface area contributed by atoms with Gasteiger partial charge in [-0.15, -0.1) is 0 Å². The first-order valence-electron chi connectivity index (χ1n) is 6.37. The van der Waals surface area contributed by atoms with E-state index >= 15 is 0 Å². The van der Waals surface area contributed by atoms with Crippen molar-refractivity contribution in [3.8, 4) is 0 Å². The molecule has 1 aromatic carbocycles. The molecule has 0 saturated carbocycles. The Balaban J connectivity index is 1.98. The molecule has 0 aliphatic heterocycles. The Labute approximate surface area is 121 Å². The molecule has 0 unspecified atom stereocenters. The quantitative estimate of drug-likeness (QED) is 0.648. The average Bonchev–Trinajstić information content (AvgIpc) is 2.46. The Morgan fingerprint density at radius 2 is 2.05 bits per heavy atom. The molecule has 2 aromatic rings. The van der Waals surface area contributed by atoms with E-state index in [1.165, 1.54) is 6.07 Å². The molecule has 0 spiro atoms. The number of anilines is 1. The Morgan fingerprint density at radius 1 is 1.29 bits per heavy atom. The van der Waals surface area contributed by atoms with E-state index in [9.17, 15) is 9.59 Å². The van der Waals surface area contributed by atoms with Gasteiger partial charge in [-0.1, -0.05) is 18.2 Å². The third kappa shape index (κ3) is 3.90. The molecular weight excluding hydrogens is 272 g/mol. The zero-order valence-corrected chi connectivity index (χ0v) is 11.3. The number of carbonyl (C=O) groups is 2. The van der Waals surface area contributed by atoms with Gasteiger partial charge in [0.15, 0.2) is 0 Å². The van der Waals surface area contributed by atoms with E-state index in [-0.39, 0.29) is 31.4 Å². The maximum Gasteiger partial charge on any atom is 0.270 e. The minimum Gasteiger partial charge on any atom is -0.398 e. The SMILES string of the molecule is NC(=O)COCCNC(=O)c1cc(N)c2ccccc2n1. The number of nitrogen functional groups attached to an aromatic ring is 1. The molecule has 0 aliphatic rings. The van der Waals surface area contributed by atoms with E-state index in [0.717, 1.165) is 5.39 Å². The molecule has 0 bridgehead atoms. The molecule has 7 heteroatoms. The Hall–Kier alpha value is -2.67. The lowest BCUT2D eigenvalue weighted by molar-refractivity contribution is -0.122. The van der Waals surface area contributed by atoms with Crippen LogP contribution in [0.1, 0.15) is 10.5 Å². The monoisotopic (exact) mass is 288 g/mol. The molecule has 0 atom stereocenters. The highest BCUT2D eigenvalue weighted by molar-refractivity contribution is 5.99. The van der Waals surface area contributed by atoms with Crippen molar-refractivity contribution in [1.29, 1.82) is 0 Å². The summed E-state index contributed by atoms with van der Waals surface area (Å²) in [4.78, 5) is 26.7. The van der Waals surface area contributed by atoms with Crippen LogP contribution in [0.25, 0.3) is 10.9 Å². The number of pyridine rings is 1. The van der Waals surface area contributed by atoms with Crippen molar-refractivity contribution in [3.63, 3.8) is 0 Å². The zero-order valence-electron chi connectivity index (χ0n) is 11.3. The second kappa shape index (κ2) is 6.67. The van der Waals surface area contributed by atoms with Gasteiger partial charge in [-0.25, -0.2) is 4.98 Å². The van der Waals surface area contributed by atoms with Crippen LogP contribution in [0.4, 0.5) is 5.69 Å². The lowest BCUT2D eigenvalue weighted by Gasteiger charge is -2.07. The summed E-state index contributed by atoms with van der Waals surface area (Å²) < 4.78 is 4.94. The normalized spacial score (nSPS) is 10.5. The fourth-order valence-corrected chi connectivity index (χ4v) is 1.82. The number of ether oxygens (including phenoxy) is 1. The van der Waals surface area contributed by atoms with Gasteiger partial charge in [0, 0.05) is 17.6 Å². The molecule has 0 fully saturated rings. The van der Waals surface area contributed by atoms with Crippen LogP contribution < -0.4 is 16.8 Å². The van der Waals surface area contributed by atoms with E-state index in [2.05, 4.69) is 10.3 Å². The molecule has 110 valence electrons. The maximum absolute atomic E-state index is 12.0. The third-order valence-electron chi connectivity index (χ3n) is 2.76. The molecule has 5 N–H and O–H groups in total. The van der Waals surface area contributed by atoms with Gasteiger partial charge in [0.2, 0.25) is 5.91 Å². The molecule has 7 nitrogen and oxygen atoms in total. The van der Waals surface area contributed by atoms with Crippen LogP contribution in [0.2, 0.25) is 0 Å². The Morgan fingerprint density at radius 3 is 2.81 bits per heavy atom. The number of para-hydroxylation sites is 1. The van der Waals surface area contributed by atoms with Gasteiger partial charge in [-0.3, -0.25) is 9.59 Å². The predicted molar refractivity (Wildman–Crippen MR) is 78.5 cm³/mol. The largest absolute Gasteiger partial charge is 0.398 e. The van der Waals surface area contributed by atoms with Gasteiger partial charge in [0.05, 0.1) is 12.1 Å². The van der Waals surface area contributed by atoms with E-state index in [1.54, 1.807) is 6.07 Å². The average molecular weight is 288 g/mol. The van der Waals surface area contributed by atoms with Crippen molar-refractivity contribution in [2.75, 3.05) is 25.5 Å². The number of nitrogens with two attached hydrogens (primary N) is 2. The van der Waals surface area contributed by atoms with Gasteiger partial charge < -0.3 is 21.5 Å². The van der Waals surface area contributed by atoms with Crippen molar-refractivity contribution in [3.05, 3.63) is 36.0 Å². The van der Waals surface area contributed by atoms with Gasteiger partial charge in [0.1, 0.15) is 12.3 Å². The Bertz CT molecular complexity index is 672. The van der Waals surface area contributed by atoms with Gasteiger partial charge in [-0.2, -0.15) is 0 Å². The summed E-state index contributed by atoms with van der Waals surface area (Å²) in [6.07, 6.45) is 0. The van der Waals surface area contributed by atoms with E-state index in [4.69, 9.17) is 16.2 Å². The number of benzene rings is 1. The summed E-state index contributed by atoms with van der Waals surface area (Å²) in [5.41, 5.74) is 12.2. The summed E-state index contributed by atoms with van der Waals surface area (Å²) in [6.45, 7) is 0.273. The molecular formula is C14H16N4O3. The highest BCUT2D eigenvalue weighted by atomic mass is 16.5. The second-order valence-electron chi connectivity index (χ2n) is 4.39. The highest BCUT2D eigenvalue weighted by Gasteiger charge is 2.10. The number of fused-ring (bicyclic) bond motifs is 1. The van der Waals surface area contributed by atoms with Crippen LogP contribution in [0, 0.1) is 0 Å². The number of carbonyl (C=O) groups excluding carboxylic acids is 2. The van der Waals surface area contributed by atoms with Gasteiger partial charge in [0.25, 0.3) is 5.91 Å². The molecule has 0 saturated heterocycles. The molecule has 2 amide bonds. The van der Waals surface area contributed by atoms with E-state index in [1.807, 2.05) is 18.2 Å². The standard InChI is InChI=1S/C14H16N4O3/c15-10-7-12(18-11-4-2-1-3-9(10)11)14(20)17-5-6-21-8-13(16)19/h1-4,7H,5-6,8H2,(H2,15,18)(H2,16,19)(H,17,20). The van der Waals surface area contributed by atoms with Crippen molar-refractivity contribution in [2.45, 2.75) is 0 Å². The molecule has 1 heterocycles. The summed E-state index contributed by atoms with van der Waals surface area (Å²) >= 11 is 0. The number of amides is 2. The van der Waals surface area contributed by atoms with Crippen LogP contribution in [0.5, 0.6) is 0 Å². The number of aromatic nitrogens is 1. The Kier molecular flexibility index (Phi) is 4.68. The van der Waals surface area contributed by atoms with Crippen LogP contribution in [-0.2, 0) is 9.53 Å². The lowest BCUT2D eigenvalue weighted by atomic mass is 10.1. The molecule has 21 heavy (non-hydrogen) atoms. The van der Waals surface area contributed by atoms with Crippen molar-refractivity contribution in [1.82, 2.24) is 10.3 Å². The van der Waals surface area contributed by atoms with Crippen LogP contribution in [0.15, 0.2) is 30.3 Å². The molecule has 0 aliphatic carbocycles. The molecule has 2 rings (SSSR count). The first-order chi connectivity index (χ1) is 10.1. The van der Waals surface area contributed by atoms with E-state index < -0.39 is 5.91 Å². The highest BCUT2D eigenvalue weighted by Crippen LogP contribution is 2.19. The number of primary amides is 1. The number of nitrogens with zero attached hydrogens (tertiary/aromatic N) is 1. The van der Waals surface area contributed by atoms with Gasteiger partial charge in [-0.05, 0) is 12.1 Å². The molecule has 0 radical (unpaired) electrons. The minimum absolute atomic E-state index is 0.170. The molecule has 1 aromatic heterocycles. The van der Waals surface area contributed by atoms with Crippen molar-refractivity contribution < 1.29 is 14.3 Å². The topological polar surface area (TPSA) is 120 Å². The van der Waals surface area contributed by atoms with Crippen LogP contribution >= 0.6 is 0 Å². The van der Waals surface area contributed by atoms with Gasteiger partial charge >= 0.3 is 0 Å². The first-order valence-corrected chi connectivity index (χ1v) is 6.37. The summed E-state index contributed by atoms with van der Waals surface area (Å²) in [5, 5.41) is 3.43. The van der Waals surface area contributed by atoms with Crippen LogP contribution in [0.3, 0.4) is 0 Å². The fourth-order valence-electron chi connectivity index (χ4n) is 1.82. The van der Waals surface area contributed by atoms with Crippen molar-refractivity contribution in [2.24, 2.45) is 5.73 Å². The number of nitrogens with one attached hydrogen (secondary N) is 1. The van der Waals surface area contributed by atoms with Crippen molar-refractivity contribution >= 4 is 28.4 Å². The number of hydrogen-bond acceptors (Lipinski definition) is 5. The fraction of sp³-hybridized carbons (Fsp3) is 0.214.